The molecule has 1 amide bonds. The molecule has 0 aliphatic carbocycles. The van der Waals surface area contributed by atoms with Gasteiger partial charge in [0.1, 0.15) is 6.17 Å². The number of carbonyl (C=O) groups excluding carboxylic acids is 1. The molecule has 0 N–H and O–H groups in total. The first kappa shape index (κ1) is 10.4. The fourth-order valence-electron chi connectivity index (χ4n) is 0.852. The Morgan fingerprint density at radius 3 is 2.27 bits per heavy atom. The number of alkyl halides is 1. The second kappa shape index (κ2) is 5.10. The molecule has 1 aliphatic rings. The first-order chi connectivity index (χ1) is 5.24. The normalized spacial score (nSPS) is 16.5. The molecule has 1 saturated heterocycles. The molecule has 1 rings (SSSR count). The van der Waals surface area contributed by atoms with Crippen LogP contribution in [0.2, 0.25) is 0 Å². The van der Waals surface area contributed by atoms with Crippen molar-refractivity contribution in [3.05, 3.63) is 0 Å². The molecule has 0 unspecified atom stereocenters. The van der Waals surface area contributed by atoms with Crippen LogP contribution in [0.15, 0.2) is 0 Å². The van der Waals surface area contributed by atoms with Crippen molar-refractivity contribution < 1.29 is 9.18 Å². The highest BCUT2D eigenvalue weighted by molar-refractivity contribution is 5.76. The summed E-state index contributed by atoms with van der Waals surface area (Å²) in [6.07, 6.45) is -0.271. The summed E-state index contributed by atoms with van der Waals surface area (Å²) in [5.74, 6) is 0.0592. The van der Waals surface area contributed by atoms with E-state index in [0.717, 1.165) is 0 Å². The molecule has 0 bridgehead atoms. The Morgan fingerprint density at radius 1 is 1.55 bits per heavy atom. The van der Waals surface area contributed by atoms with E-state index in [0.29, 0.717) is 19.5 Å². The van der Waals surface area contributed by atoms with Crippen molar-refractivity contribution in [3.63, 3.8) is 0 Å². The zero-order valence-corrected chi connectivity index (χ0v) is 7.43. The monoisotopic (exact) mass is 161 g/mol. The molecule has 0 aromatic rings. The van der Waals surface area contributed by atoms with Crippen molar-refractivity contribution in [3.8, 4) is 0 Å². The minimum absolute atomic E-state index is 0.0592. The minimum Gasteiger partial charge on any atom is -0.337 e. The van der Waals surface area contributed by atoms with Gasteiger partial charge in [-0.3, -0.25) is 4.79 Å². The van der Waals surface area contributed by atoms with Gasteiger partial charge in [0.05, 0.1) is 13.1 Å². The summed E-state index contributed by atoms with van der Waals surface area (Å²) in [4.78, 5) is 12.2. The number of likely N-dealkylation sites (tertiary alicyclic amines) is 1. The maximum atomic E-state index is 12.1. The summed E-state index contributed by atoms with van der Waals surface area (Å²) >= 11 is 0. The van der Waals surface area contributed by atoms with Gasteiger partial charge >= 0.3 is 0 Å². The SMILES string of the molecule is CC.CCC(=O)N1CC(F)C1. The molecule has 0 atom stereocenters. The van der Waals surface area contributed by atoms with Gasteiger partial charge in [0, 0.05) is 6.42 Å². The molecule has 66 valence electrons. The van der Waals surface area contributed by atoms with E-state index in [2.05, 4.69) is 0 Å². The van der Waals surface area contributed by atoms with Gasteiger partial charge in [-0.05, 0) is 0 Å². The third-order valence-corrected chi connectivity index (χ3v) is 1.49. The van der Waals surface area contributed by atoms with Gasteiger partial charge in [-0.15, -0.1) is 0 Å². The number of carbonyl (C=O) groups is 1. The summed E-state index contributed by atoms with van der Waals surface area (Å²) in [6, 6.07) is 0. The number of amides is 1. The molecule has 0 spiro atoms. The highest BCUT2D eigenvalue weighted by Crippen LogP contribution is 2.11. The van der Waals surface area contributed by atoms with Gasteiger partial charge in [0.25, 0.3) is 0 Å². The van der Waals surface area contributed by atoms with Gasteiger partial charge in [0.2, 0.25) is 5.91 Å². The van der Waals surface area contributed by atoms with Crippen molar-refractivity contribution in [1.82, 2.24) is 4.90 Å². The molecule has 3 heteroatoms. The number of hydrogen-bond donors (Lipinski definition) is 0. The van der Waals surface area contributed by atoms with Gasteiger partial charge in [-0.25, -0.2) is 4.39 Å². The lowest BCUT2D eigenvalue weighted by molar-refractivity contribution is -0.137. The average Bonchev–Trinajstić information content (AvgIpc) is 2.01. The lowest BCUT2D eigenvalue weighted by atomic mass is 10.2. The maximum Gasteiger partial charge on any atom is 0.222 e. The second-order valence-corrected chi connectivity index (χ2v) is 2.25. The van der Waals surface area contributed by atoms with Crippen LogP contribution < -0.4 is 0 Å². The summed E-state index contributed by atoms with van der Waals surface area (Å²) in [5.41, 5.74) is 0. The second-order valence-electron chi connectivity index (χ2n) is 2.25. The first-order valence-corrected chi connectivity index (χ1v) is 4.16. The molecule has 0 aromatic heterocycles. The van der Waals surface area contributed by atoms with Crippen LogP contribution in [0.3, 0.4) is 0 Å². The Hall–Kier alpha value is -0.600. The van der Waals surface area contributed by atoms with Crippen molar-refractivity contribution in [2.75, 3.05) is 13.1 Å². The third kappa shape index (κ3) is 2.87. The van der Waals surface area contributed by atoms with Gasteiger partial charge < -0.3 is 4.90 Å². The third-order valence-electron chi connectivity index (χ3n) is 1.49. The lowest BCUT2D eigenvalue weighted by Crippen LogP contribution is -2.51. The topological polar surface area (TPSA) is 20.3 Å². The Balaban J connectivity index is 0.000000461. The quantitative estimate of drug-likeness (QED) is 0.572. The maximum absolute atomic E-state index is 12.1. The summed E-state index contributed by atoms with van der Waals surface area (Å²) in [5, 5.41) is 0. The van der Waals surface area contributed by atoms with Crippen LogP contribution in [0, 0.1) is 0 Å². The van der Waals surface area contributed by atoms with Gasteiger partial charge in [-0.1, -0.05) is 20.8 Å². The largest absolute Gasteiger partial charge is 0.337 e. The molecule has 1 aliphatic heterocycles. The van der Waals surface area contributed by atoms with Crippen LogP contribution in [0.1, 0.15) is 27.2 Å². The van der Waals surface area contributed by atoms with E-state index in [-0.39, 0.29) is 5.91 Å². The molecule has 2 nitrogen and oxygen atoms in total. The highest BCUT2D eigenvalue weighted by Gasteiger charge is 2.28. The molecular weight excluding hydrogens is 145 g/mol. The average molecular weight is 161 g/mol. The van der Waals surface area contributed by atoms with Crippen molar-refractivity contribution >= 4 is 5.91 Å². The summed E-state index contributed by atoms with van der Waals surface area (Å²) in [6.45, 7) is 6.41. The Morgan fingerprint density at radius 2 is 2.00 bits per heavy atom. The van der Waals surface area contributed by atoms with Crippen LogP contribution in [0.5, 0.6) is 0 Å². The van der Waals surface area contributed by atoms with E-state index >= 15 is 0 Å². The molecule has 11 heavy (non-hydrogen) atoms. The number of rotatable bonds is 1. The summed E-state index contributed by atoms with van der Waals surface area (Å²) < 4.78 is 12.1. The van der Waals surface area contributed by atoms with Crippen LogP contribution in [-0.4, -0.2) is 30.1 Å². The fraction of sp³-hybridized carbons (Fsp3) is 0.875. The van der Waals surface area contributed by atoms with E-state index < -0.39 is 6.17 Å². The molecule has 1 heterocycles. The Labute approximate surface area is 67.4 Å². The van der Waals surface area contributed by atoms with Gasteiger partial charge in [-0.2, -0.15) is 0 Å². The van der Waals surface area contributed by atoms with Crippen LogP contribution in [0.4, 0.5) is 4.39 Å². The number of nitrogens with zero attached hydrogens (tertiary/aromatic N) is 1. The molecule has 0 radical (unpaired) electrons. The van der Waals surface area contributed by atoms with Crippen LogP contribution in [0.25, 0.3) is 0 Å². The fourth-order valence-corrected chi connectivity index (χ4v) is 0.852. The molecule has 1 fully saturated rings. The van der Waals surface area contributed by atoms with Crippen molar-refractivity contribution in [2.45, 2.75) is 33.4 Å². The number of halogens is 1. The lowest BCUT2D eigenvalue weighted by Gasteiger charge is -2.33. The van der Waals surface area contributed by atoms with Crippen molar-refractivity contribution in [1.29, 1.82) is 0 Å². The summed E-state index contributed by atoms with van der Waals surface area (Å²) in [7, 11) is 0. The standard InChI is InChI=1S/C6H10FNO.C2H6/c1-2-6(9)8-3-5(7)4-8;1-2/h5H,2-4H2,1H3;1-2H3. The smallest absolute Gasteiger partial charge is 0.222 e. The van der Waals surface area contributed by atoms with E-state index in [9.17, 15) is 9.18 Å². The van der Waals surface area contributed by atoms with E-state index in [1.807, 2.05) is 13.8 Å². The predicted molar refractivity (Wildman–Crippen MR) is 43.1 cm³/mol. The molecule has 0 saturated carbocycles. The van der Waals surface area contributed by atoms with Crippen LogP contribution >= 0.6 is 0 Å². The highest BCUT2D eigenvalue weighted by atomic mass is 19.1. The van der Waals surface area contributed by atoms with E-state index in [1.54, 1.807) is 6.92 Å². The number of hydrogen-bond acceptors (Lipinski definition) is 1. The van der Waals surface area contributed by atoms with Crippen LogP contribution in [-0.2, 0) is 4.79 Å². The predicted octanol–water partition coefficient (Wildman–Crippen LogP) is 1.60. The Bertz CT molecular complexity index is 121. The zero-order chi connectivity index (χ0) is 8.85. The molecule has 0 aromatic carbocycles. The first-order valence-electron chi connectivity index (χ1n) is 4.16. The minimum atomic E-state index is -0.763. The molecular formula is C8H16FNO. The van der Waals surface area contributed by atoms with Gasteiger partial charge in [0.15, 0.2) is 0 Å². The van der Waals surface area contributed by atoms with Crippen molar-refractivity contribution in [2.24, 2.45) is 0 Å². The Kier molecular flexibility index (Phi) is 4.83. The van der Waals surface area contributed by atoms with E-state index in [4.69, 9.17) is 0 Å². The van der Waals surface area contributed by atoms with E-state index in [1.165, 1.54) is 4.90 Å². The zero-order valence-electron chi connectivity index (χ0n) is 7.43.